The number of benzene rings is 1. The Bertz CT molecular complexity index is 793. The smallest absolute Gasteiger partial charge is 0.226 e. The van der Waals surface area contributed by atoms with Crippen LogP contribution < -0.4 is 5.32 Å². The van der Waals surface area contributed by atoms with Gasteiger partial charge in [0.15, 0.2) is 0 Å². The maximum atomic E-state index is 12.7. The van der Waals surface area contributed by atoms with Crippen molar-refractivity contribution >= 4 is 17.2 Å². The summed E-state index contributed by atoms with van der Waals surface area (Å²) in [6.07, 6.45) is 8.71. The standard InChI is InChI=1S/C23H28N2OS/c1-15(23-11-16-7-17(12-23)9-18(8-16)13-23)24-21(26)10-20-14-27-22(25-20)19-5-3-2-4-6-19/h2-6,14-18H,7-13H2,1H3,(H,24,26). The minimum Gasteiger partial charge on any atom is -0.353 e. The van der Waals surface area contributed by atoms with Crippen molar-refractivity contribution in [2.45, 2.75) is 57.9 Å². The maximum Gasteiger partial charge on any atom is 0.226 e. The first kappa shape index (κ1) is 17.4. The van der Waals surface area contributed by atoms with E-state index in [0.29, 0.717) is 11.8 Å². The Balaban J connectivity index is 1.23. The van der Waals surface area contributed by atoms with Crippen molar-refractivity contribution in [2.75, 3.05) is 0 Å². The van der Waals surface area contributed by atoms with E-state index in [9.17, 15) is 4.79 Å². The molecule has 1 N–H and O–H groups in total. The summed E-state index contributed by atoms with van der Waals surface area (Å²) in [7, 11) is 0. The van der Waals surface area contributed by atoms with Gasteiger partial charge in [-0.15, -0.1) is 11.3 Å². The number of hydrogen-bond acceptors (Lipinski definition) is 3. The quantitative estimate of drug-likeness (QED) is 0.786. The molecule has 4 fully saturated rings. The lowest BCUT2D eigenvalue weighted by Gasteiger charge is -2.59. The maximum absolute atomic E-state index is 12.7. The molecule has 1 aromatic heterocycles. The van der Waals surface area contributed by atoms with Gasteiger partial charge < -0.3 is 5.32 Å². The van der Waals surface area contributed by atoms with Gasteiger partial charge in [0.1, 0.15) is 5.01 Å². The molecule has 0 radical (unpaired) electrons. The predicted molar refractivity (Wildman–Crippen MR) is 109 cm³/mol. The number of rotatable bonds is 5. The van der Waals surface area contributed by atoms with Gasteiger partial charge in [0.05, 0.1) is 12.1 Å². The first-order valence-corrected chi connectivity index (χ1v) is 11.3. The molecule has 1 amide bonds. The SMILES string of the molecule is CC(NC(=O)Cc1csc(-c2ccccc2)n1)C12CC3CC(CC(C3)C1)C2. The average Bonchev–Trinajstić information content (AvgIpc) is 3.09. The summed E-state index contributed by atoms with van der Waals surface area (Å²) in [6.45, 7) is 2.25. The zero-order valence-electron chi connectivity index (χ0n) is 16.0. The molecule has 4 saturated carbocycles. The largest absolute Gasteiger partial charge is 0.353 e. The molecule has 27 heavy (non-hydrogen) atoms. The summed E-state index contributed by atoms with van der Waals surface area (Å²) < 4.78 is 0. The molecule has 2 aromatic rings. The van der Waals surface area contributed by atoms with Gasteiger partial charge in [-0.25, -0.2) is 4.98 Å². The number of carbonyl (C=O) groups is 1. The van der Waals surface area contributed by atoms with E-state index in [0.717, 1.165) is 34.0 Å². The molecular weight excluding hydrogens is 352 g/mol. The van der Waals surface area contributed by atoms with Gasteiger partial charge in [-0.2, -0.15) is 0 Å². The lowest BCUT2D eigenvalue weighted by atomic mass is 9.48. The lowest BCUT2D eigenvalue weighted by Crippen LogP contribution is -2.56. The lowest BCUT2D eigenvalue weighted by molar-refractivity contribution is -0.125. The van der Waals surface area contributed by atoms with E-state index in [1.165, 1.54) is 38.5 Å². The Labute approximate surface area is 165 Å². The normalized spacial score (nSPS) is 32.4. The van der Waals surface area contributed by atoms with Crippen LogP contribution in [0, 0.1) is 23.2 Å². The third kappa shape index (κ3) is 3.33. The van der Waals surface area contributed by atoms with Gasteiger partial charge in [-0.1, -0.05) is 30.3 Å². The number of thiazole rings is 1. The summed E-state index contributed by atoms with van der Waals surface area (Å²) in [5.74, 6) is 2.89. The fourth-order valence-corrected chi connectivity index (χ4v) is 7.25. The molecule has 0 spiro atoms. The first-order chi connectivity index (χ1) is 13.1. The van der Waals surface area contributed by atoms with E-state index in [2.05, 4.69) is 29.4 Å². The highest BCUT2D eigenvalue weighted by atomic mass is 32.1. The van der Waals surface area contributed by atoms with Gasteiger partial charge >= 0.3 is 0 Å². The van der Waals surface area contributed by atoms with Crippen LogP contribution in [0.2, 0.25) is 0 Å². The van der Waals surface area contributed by atoms with Crippen molar-refractivity contribution in [1.82, 2.24) is 10.3 Å². The number of amides is 1. The van der Waals surface area contributed by atoms with E-state index in [1.807, 2.05) is 23.6 Å². The second-order valence-corrected chi connectivity index (χ2v) is 10.1. The minimum absolute atomic E-state index is 0.128. The van der Waals surface area contributed by atoms with Crippen LogP contribution in [0.25, 0.3) is 10.6 Å². The van der Waals surface area contributed by atoms with Crippen LogP contribution in [0.4, 0.5) is 0 Å². The second-order valence-electron chi connectivity index (χ2n) is 9.26. The molecule has 1 heterocycles. The monoisotopic (exact) mass is 380 g/mol. The molecule has 142 valence electrons. The summed E-state index contributed by atoms with van der Waals surface area (Å²) in [5, 5.41) is 6.38. The second kappa shape index (κ2) is 6.73. The Morgan fingerprint density at radius 2 is 1.78 bits per heavy atom. The van der Waals surface area contributed by atoms with Gasteiger partial charge in [0.2, 0.25) is 5.91 Å². The third-order valence-electron chi connectivity index (χ3n) is 7.30. The number of nitrogens with one attached hydrogen (secondary N) is 1. The summed E-state index contributed by atoms with van der Waals surface area (Å²) >= 11 is 1.62. The molecule has 6 rings (SSSR count). The Kier molecular flexibility index (Phi) is 4.34. The summed E-state index contributed by atoms with van der Waals surface area (Å²) in [5.41, 5.74) is 2.37. The number of carbonyl (C=O) groups excluding carboxylic acids is 1. The Hall–Kier alpha value is -1.68. The number of nitrogens with zero attached hydrogens (tertiary/aromatic N) is 1. The van der Waals surface area contributed by atoms with Gasteiger partial charge in [-0.05, 0) is 68.6 Å². The molecule has 1 unspecified atom stereocenters. The van der Waals surface area contributed by atoms with Crippen molar-refractivity contribution in [2.24, 2.45) is 23.2 Å². The van der Waals surface area contributed by atoms with Gasteiger partial charge in [-0.3, -0.25) is 4.79 Å². The zero-order valence-corrected chi connectivity index (χ0v) is 16.8. The van der Waals surface area contributed by atoms with Crippen molar-refractivity contribution in [1.29, 1.82) is 0 Å². The van der Waals surface area contributed by atoms with Crippen molar-refractivity contribution < 1.29 is 4.79 Å². The van der Waals surface area contributed by atoms with Crippen LogP contribution in [0.5, 0.6) is 0 Å². The van der Waals surface area contributed by atoms with Crippen molar-refractivity contribution in [3.63, 3.8) is 0 Å². The Morgan fingerprint density at radius 3 is 2.41 bits per heavy atom. The van der Waals surface area contributed by atoms with Gasteiger partial charge in [0.25, 0.3) is 0 Å². The molecule has 1 atom stereocenters. The molecule has 1 aromatic carbocycles. The highest BCUT2D eigenvalue weighted by Gasteiger charge is 2.53. The number of aromatic nitrogens is 1. The fourth-order valence-electron chi connectivity index (χ4n) is 6.42. The molecule has 4 aliphatic carbocycles. The van der Waals surface area contributed by atoms with Gasteiger partial charge in [0, 0.05) is 17.0 Å². The molecule has 4 heteroatoms. The van der Waals surface area contributed by atoms with E-state index >= 15 is 0 Å². The highest BCUT2D eigenvalue weighted by Crippen LogP contribution is 2.61. The van der Waals surface area contributed by atoms with Crippen molar-refractivity contribution in [3.8, 4) is 10.6 Å². The first-order valence-electron chi connectivity index (χ1n) is 10.4. The van der Waals surface area contributed by atoms with E-state index in [4.69, 9.17) is 0 Å². The molecule has 0 saturated heterocycles. The molecule has 0 aliphatic heterocycles. The summed E-state index contributed by atoms with van der Waals surface area (Å²) in [6, 6.07) is 10.5. The number of hydrogen-bond donors (Lipinski definition) is 1. The molecule has 4 bridgehead atoms. The topological polar surface area (TPSA) is 42.0 Å². The Morgan fingerprint density at radius 1 is 1.15 bits per heavy atom. The highest BCUT2D eigenvalue weighted by molar-refractivity contribution is 7.13. The predicted octanol–water partition coefficient (Wildman–Crippen LogP) is 5.07. The fraction of sp³-hybridized carbons (Fsp3) is 0.565. The minimum atomic E-state index is 0.128. The summed E-state index contributed by atoms with van der Waals surface area (Å²) in [4.78, 5) is 17.4. The van der Waals surface area contributed by atoms with Crippen LogP contribution in [0.3, 0.4) is 0 Å². The zero-order chi connectivity index (χ0) is 18.4. The molecule has 3 nitrogen and oxygen atoms in total. The van der Waals surface area contributed by atoms with Crippen LogP contribution in [-0.2, 0) is 11.2 Å². The third-order valence-corrected chi connectivity index (χ3v) is 8.24. The van der Waals surface area contributed by atoms with Crippen LogP contribution >= 0.6 is 11.3 Å². The molecule has 4 aliphatic rings. The molecular formula is C23H28N2OS. The van der Waals surface area contributed by atoms with Crippen LogP contribution in [0.1, 0.15) is 51.1 Å². The average molecular weight is 381 g/mol. The van der Waals surface area contributed by atoms with E-state index < -0.39 is 0 Å². The van der Waals surface area contributed by atoms with Crippen LogP contribution in [-0.4, -0.2) is 16.9 Å². The van der Waals surface area contributed by atoms with E-state index in [1.54, 1.807) is 11.3 Å². The van der Waals surface area contributed by atoms with E-state index in [-0.39, 0.29) is 11.9 Å². The van der Waals surface area contributed by atoms with Crippen LogP contribution in [0.15, 0.2) is 35.7 Å². The van der Waals surface area contributed by atoms with Crippen molar-refractivity contribution in [3.05, 3.63) is 41.4 Å².